The van der Waals surface area contributed by atoms with Crippen LogP contribution in [0.3, 0.4) is 0 Å². The van der Waals surface area contributed by atoms with E-state index in [2.05, 4.69) is 36.8 Å². The topological polar surface area (TPSA) is 74.1 Å². The number of hydrogen-bond acceptors (Lipinski definition) is 7. The smallest absolute Gasteiger partial charge is 0.214 e. The minimum atomic E-state index is -0.267. The largest absolute Gasteiger partial charge is 0.493 e. The summed E-state index contributed by atoms with van der Waals surface area (Å²) >= 11 is 5.26. The van der Waals surface area contributed by atoms with E-state index < -0.39 is 0 Å². The van der Waals surface area contributed by atoms with Crippen molar-refractivity contribution in [1.82, 2.24) is 25.5 Å². The maximum atomic E-state index is 13.1. The molecule has 0 saturated heterocycles. The number of halogens is 2. The average Bonchev–Trinajstić information content (AvgIpc) is 3.35. The molecule has 0 saturated carbocycles. The van der Waals surface area contributed by atoms with Gasteiger partial charge in [0, 0.05) is 16.8 Å². The molecule has 4 aromatic rings. The Bertz CT molecular complexity index is 1220. The van der Waals surface area contributed by atoms with Gasteiger partial charge in [0.1, 0.15) is 12.4 Å². The second-order valence-corrected chi connectivity index (χ2v) is 9.51. The van der Waals surface area contributed by atoms with Crippen LogP contribution < -0.4 is 14.8 Å². The van der Waals surface area contributed by atoms with E-state index in [-0.39, 0.29) is 5.82 Å². The van der Waals surface area contributed by atoms with Gasteiger partial charge in [0.25, 0.3) is 0 Å². The highest BCUT2D eigenvalue weighted by molar-refractivity contribution is 9.10. The average molecular weight is 558 g/mol. The third-order valence-electron chi connectivity index (χ3n) is 5.13. The van der Waals surface area contributed by atoms with Crippen LogP contribution in [0.25, 0.3) is 5.69 Å². The first-order valence-corrected chi connectivity index (χ1v) is 12.8. The summed E-state index contributed by atoms with van der Waals surface area (Å²) in [4.78, 5) is 0. The van der Waals surface area contributed by atoms with Gasteiger partial charge >= 0.3 is 0 Å². The van der Waals surface area contributed by atoms with E-state index in [0.717, 1.165) is 45.2 Å². The molecule has 35 heavy (non-hydrogen) atoms. The molecule has 0 radical (unpaired) electrons. The standard InChI is InChI=1S/C25H25BrFN5O2S/c1-33-23-14-19(22(26)15-24(23)34-17-18-8-10-20(27)11-9-18)16-28-12-5-13-35-25-29-30-31-32(25)21-6-3-2-4-7-21/h2-4,6-11,14-15,28H,5,12-13,16-17H2,1H3. The summed E-state index contributed by atoms with van der Waals surface area (Å²) in [6.07, 6.45) is 0.958. The summed E-state index contributed by atoms with van der Waals surface area (Å²) < 4.78 is 27.2. The van der Waals surface area contributed by atoms with Crippen molar-refractivity contribution in [3.8, 4) is 17.2 Å². The lowest BCUT2D eigenvalue weighted by atomic mass is 10.2. The van der Waals surface area contributed by atoms with E-state index in [1.165, 1.54) is 12.1 Å². The highest BCUT2D eigenvalue weighted by Crippen LogP contribution is 2.34. The van der Waals surface area contributed by atoms with Gasteiger partial charge in [-0.1, -0.05) is 58.0 Å². The number of nitrogens with zero attached hydrogens (tertiary/aromatic N) is 4. The Balaban J connectivity index is 1.24. The van der Waals surface area contributed by atoms with Crippen molar-refractivity contribution < 1.29 is 13.9 Å². The molecular weight excluding hydrogens is 533 g/mol. The number of rotatable bonds is 12. The number of tetrazole rings is 1. The maximum absolute atomic E-state index is 13.1. The second kappa shape index (κ2) is 12.7. The molecular formula is C25H25BrFN5O2S. The van der Waals surface area contributed by atoms with Crippen LogP contribution in [0, 0.1) is 5.82 Å². The molecule has 0 aliphatic carbocycles. The van der Waals surface area contributed by atoms with Crippen LogP contribution in [0.4, 0.5) is 4.39 Å². The van der Waals surface area contributed by atoms with Crippen LogP contribution >= 0.6 is 27.7 Å². The monoisotopic (exact) mass is 557 g/mol. The normalized spacial score (nSPS) is 10.9. The van der Waals surface area contributed by atoms with Crippen LogP contribution in [0.1, 0.15) is 17.5 Å². The van der Waals surface area contributed by atoms with Gasteiger partial charge < -0.3 is 14.8 Å². The fraction of sp³-hybridized carbons (Fsp3) is 0.240. The molecule has 1 N–H and O–H groups in total. The molecule has 7 nitrogen and oxygen atoms in total. The molecule has 0 unspecified atom stereocenters. The SMILES string of the molecule is COc1cc(CNCCCSc2nnnn2-c2ccccc2)c(Br)cc1OCc1ccc(F)cc1. The predicted molar refractivity (Wildman–Crippen MR) is 138 cm³/mol. The highest BCUT2D eigenvalue weighted by atomic mass is 79.9. The Morgan fingerprint density at radius 1 is 1.06 bits per heavy atom. The van der Waals surface area contributed by atoms with Crippen molar-refractivity contribution in [3.05, 3.63) is 88.1 Å². The van der Waals surface area contributed by atoms with E-state index in [9.17, 15) is 4.39 Å². The lowest BCUT2D eigenvalue weighted by Gasteiger charge is -2.14. The summed E-state index contributed by atoms with van der Waals surface area (Å²) in [5.41, 5.74) is 2.89. The number of ether oxygens (including phenoxy) is 2. The van der Waals surface area contributed by atoms with Crippen LogP contribution in [0.2, 0.25) is 0 Å². The molecule has 0 bridgehead atoms. The number of para-hydroxylation sites is 1. The van der Waals surface area contributed by atoms with Gasteiger partial charge in [-0.05, 0) is 70.9 Å². The predicted octanol–water partition coefficient (Wildman–Crippen LogP) is 5.42. The number of nitrogens with one attached hydrogen (secondary N) is 1. The Hall–Kier alpha value is -2.95. The van der Waals surface area contributed by atoms with Gasteiger partial charge in [-0.3, -0.25) is 0 Å². The zero-order valence-corrected chi connectivity index (χ0v) is 21.6. The van der Waals surface area contributed by atoms with Gasteiger partial charge in [-0.2, -0.15) is 4.68 Å². The summed E-state index contributed by atoms with van der Waals surface area (Å²) in [6.45, 7) is 1.85. The molecule has 0 fully saturated rings. The van der Waals surface area contributed by atoms with E-state index >= 15 is 0 Å². The van der Waals surface area contributed by atoms with Crippen LogP contribution in [-0.2, 0) is 13.2 Å². The summed E-state index contributed by atoms with van der Waals surface area (Å²) in [6, 6.07) is 20.0. The van der Waals surface area contributed by atoms with Gasteiger partial charge in [0.15, 0.2) is 11.5 Å². The third kappa shape index (κ3) is 7.03. The highest BCUT2D eigenvalue weighted by Gasteiger charge is 2.11. The first kappa shape index (κ1) is 25.2. The molecule has 0 spiro atoms. The molecule has 0 atom stereocenters. The Kier molecular flexibility index (Phi) is 9.10. The fourth-order valence-electron chi connectivity index (χ4n) is 3.31. The van der Waals surface area contributed by atoms with Crippen molar-refractivity contribution in [2.75, 3.05) is 19.4 Å². The van der Waals surface area contributed by atoms with E-state index in [1.54, 1.807) is 35.7 Å². The lowest BCUT2D eigenvalue weighted by molar-refractivity contribution is 0.284. The Labute approximate surface area is 216 Å². The van der Waals surface area contributed by atoms with Gasteiger partial charge in [0.2, 0.25) is 5.16 Å². The van der Waals surface area contributed by atoms with Crippen molar-refractivity contribution in [3.63, 3.8) is 0 Å². The molecule has 10 heteroatoms. The molecule has 0 aliphatic rings. The van der Waals surface area contributed by atoms with E-state index in [0.29, 0.717) is 24.7 Å². The number of methoxy groups -OCH3 is 1. The quantitative estimate of drug-likeness (QED) is 0.184. The van der Waals surface area contributed by atoms with Crippen molar-refractivity contribution >= 4 is 27.7 Å². The van der Waals surface area contributed by atoms with Crippen LogP contribution in [0.5, 0.6) is 11.5 Å². The van der Waals surface area contributed by atoms with Gasteiger partial charge in [-0.25, -0.2) is 4.39 Å². The summed E-state index contributed by atoms with van der Waals surface area (Å²) in [5, 5.41) is 16.3. The first-order chi connectivity index (χ1) is 17.1. The molecule has 1 aromatic heterocycles. The number of thioether (sulfide) groups is 1. The van der Waals surface area contributed by atoms with Crippen molar-refractivity contribution in [2.45, 2.75) is 24.7 Å². The minimum absolute atomic E-state index is 0.267. The van der Waals surface area contributed by atoms with E-state index in [4.69, 9.17) is 9.47 Å². The maximum Gasteiger partial charge on any atom is 0.214 e. The van der Waals surface area contributed by atoms with Crippen molar-refractivity contribution in [1.29, 1.82) is 0 Å². The molecule has 4 rings (SSSR count). The van der Waals surface area contributed by atoms with E-state index in [1.807, 2.05) is 42.5 Å². The Morgan fingerprint density at radius 3 is 2.63 bits per heavy atom. The second-order valence-electron chi connectivity index (χ2n) is 7.60. The number of benzene rings is 3. The number of hydrogen-bond donors (Lipinski definition) is 1. The zero-order chi connectivity index (χ0) is 24.5. The van der Waals surface area contributed by atoms with Gasteiger partial charge in [0.05, 0.1) is 12.8 Å². The third-order valence-corrected chi connectivity index (χ3v) is 6.87. The van der Waals surface area contributed by atoms with Gasteiger partial charge in [-0.15, -0.1) is 5.10 Å². The first-order valence-electron chi connectivity index (χ1n) is 11.0. The molecule has 0 amide bonds. The zero-order valence-electron chi connectivity index (χ0n) is 19.2. The van der Waals surface area contributed by atoms with Crippen LogP contribution in [0.15, 0.2) is 76.4 Å². The lowest BCUT2D eigenvalue weighted by Crippen LogP contribution is -2.16. The fourth-order valence-corrected chi connectivity index (χ4v) is 4.60. The van der Waals surface area contributed by atoms with Crippen molar-refractivity contribution in [2.24, 2.45) is 0 Å². The van der Waals surface area contributed by atoms with Crippen LogP contribution in [-0.4, -0.2) is 39.6 Å². The molecule has 3 aromatic carbocycles. The molecule has 1 heterocycles. The minimum Gasteiger partial charge on any atom is -0.493 e. The molecule has 0 aliphatic heterocycles. The number of aromatic nitrogens is 4. The Morgan fingerprint density at radius 2 is 1.86 bits per heavy atom. The summed E-state index contributed by atoms with van der Waals surface area (Å²) in [5.74, 6) is 1.90. The molecule has 182 valence electrons. The summed E-state index contributed by atoms with van der Waals surface area (Å²) in [7, 11) is 1.62.